The van der Waals surface area contributed by atoms with Gasteiger partial charge in [-0.3, -0.25) is 0 Å². The second kappa shape index (κ2) is 7.66. The van der Waals surface area contributed by atoms with Crippen LogP contribution in [0.4, 0.5) is 5.69 Å². The molecule has 8 heteroatoms. The first-order valence-corrected chi connectivity index (χ1v) is 11.2. The predicted octanol–water partition coefficient (Wildman–Crippen LogP) is 5.41. The van der Waals surface area contributed by atoms with Gasteiger partial charge >= 0.3 is 0 Å². The Morgan fingerprint density at radius 2 is 2.36 bits per heavy atom. The summed E-state index contributed by atoms with van der Waals surface area (Å²) in [5.41, 5.74) is 8.26. The van der Waals surface area contributed by atoms with E-state index in [1.54, 1.807) is 22.7 Å². The van der Waals surface area contributed by atoms with Gasteiger partial charge in [-0.1, -0.05) is 17.7 Å². The molecule has 0 amide bonds. The van der Waals surface area contributed by atoms with Crippen LogP contribution in [0.25, 0.3) is 10.2 Å². The maximum atomic E-state index is 6.31. The van der Waals surface area contributed by atoms with Crippen molar-refractivity contribution in [3.05, 3.63) is 42.1 Å². The van der Waals surface area contributed by atoms with E-state index in [9.17, 15) is 0 Å². The Labute approximate surface area is 172 Å². The fraction of sp³-hybridized carbons (Fsp3) is 0.353. The first-order valence-electron chi connectivity index (χ1n) is 8.05. The normalized spacial score (nSPS) is 20.9. The molecule has 0 aromatic carbocycles. The number of anilines is 1. The van der Waals surface area contributed by atoms with Crippen LogP contribution in [-0.2, 0) is 11.3 Å². The molecule has 1 fully saturated rings. The molecule has 0 radical (unpaired) electrons. The molecule has 132 valence electrons. The average Bonchev–Trinajstić information content (AvgIpc) is 3.22. The van der Waals surface area contributed by atoms with Gasteiger partial charge < -0.3 is 15.8 Å². The van der Waals surface area contributed by atoms with Gasteiger partial charge in [-0.25, -0.2) is 4.98 Å². The van der Waals surface area contributed by atoms with E-state index >= 15 is 0 Å². The lowest BCUT2D eigenvalue weighted by Gasteiger charge is -2.28. The lowest BCUT2D eigenvalue weighted by Crippen LogP contribution is -2.34. The summed E-state index contributed by atoms with van der Waals surface area (Å²) in [7, 11) is 0. The predicted molar refractivity (Wildman–Crippen MR) is 115 cm³/mol. The van der Waals surface area contributed by atoms with Crippen LogP contribution in [0.15, 0.2) is 23.6 Å². The lowest BCUT2D eigenvalue weighted by atomic mass is 10.0. The summed E-state index contributed by atoms with van der Waals surface area (Å²) in [6, 6.07) is 6.12. The third-order valence-electron chi connectivity index (χ3n) is 4.24. The van der Waals surface area contributed by atoms with Crippen molar-refractivity contribution in [2.24, 2.45) is 5.73 Å². The van der Waals surface area contributed by atoms with Crippen molar-refractivity contribution in [2.75, 3.05) is 11.9 Å². The Hall–Kier alpha value is -0.450. The molecule has 0 aliphatic carbocycles. The number of hydrogen-bond donors (Lipinski definition) is 2. The van der Waals surface area contributed by atoms with Crippen molar-refractivity contribution in [3.63, 3.8) is 0 Å². The number of aromatic nitrogens is 1. The Morgan fingerprint density at radius 3 is 3.12 bits per heavy atom. The Morgan fingerprint density at radius 1 is 1.48 bits per heavy atom. The SMILES string of the molecule is N[C@H]1CCCO[C@@H]1c1sc2c(NCc3cccs3)cc(Cl)nc2c1I. The zero-order valence-electron chi connectivity index (χ0n) is 13.3. The number of ether oxygens (including phenoxy) is 1. The summed E-state index contributed by atoms with van der Waals surface area (Å²) < 4.78 is 8.19. The van der Waals surface area contributed by atoms with E-state index in [-0.39, 0.29) is 12.1 Å². The highest BCUT2D eigenvalue weighted by Crippen LogP contribution is 2.43. The van der Waals surface area contributed by atoms with Gasteiger partial charge in [-0.15, -0.1) is 22.7 Å². The first-order chi connectivity index (χ1) is 12.1. The molecule has 3 aromatic rings. The molecule has 0 bridgehead atoms. The topological polar surface area (TPSA) is 60.2 Å². The highest BCUT2D eigenvalue weighted by atomic mass is 127. The van der Waals surface area contributed by atoms with Crippen LogP contribution in [0.5, 0.6) is 0 Å². The maximum Gasteiger partial charge on any atom is 0.131 e. The molecule has 25 heavy (non-hydrogen) atoms. The van der Waals surface area contributed by atoms with Gasteiger partial charge in [0, 0.05) is 30.1 Å². The van der Waals surface area contributed by atoms with Crippen molar-refractivity contribution in [1.82, 2.24) is 4.98 Å². The van der Waals surface area contributed by atoms with Gasteiger partial charge in [-0.2, -0.15) is 0 Å². The molecule has 1 aliphatic heterocycles. The number of nitrogens with zero attached hydrogens (tertiary/aromatic N) is 1. The quantitative estimate of drug-likeness (QED) is 0.368. The zero-order chi connectivity index (χ0) is 17.4. The molecule has 0 unspecified atom stereocenters. The van der Waals surface area contributed by atoms with Gasteiger partial charge in [0.25, 0.3) is 0 Å². The van der Waals surface area contributed by atoms with Crippen LogP contribution in [0.2, 0.25) is 5.15 Å². The van der Waals surface area contributed by atoms with Gasteiger partial charge in [0.2, 0.25) is 0 Å². The van der Waals surface area contributed by atoms with Gasteiger partial charge in [0.05, 0.1) is 24.4 Å². The van der Waals surface area contributed by atoms with Crippen molar-refractivity contribution in [2.45, 2.75) is 31.5 Å². The van der Waals surface area contributed by atoms with Crippen LogP contribution in [0.3, 0.4) is 0 Å². The highest BCUT2D eigenvalue weighted by molar-refractivity contribution is 14.1. The van der Waals surface area contributed by atoms with Crippen molar-refractivity contribution >= 4 is 72.8 Å². The number of nitrogens with one attached hydrogen (secondary N) is 1. The second-order valence-electron chi connectivity index (χ2n) is 5.98. The number of hydrogen-bond acceptors (Lipinski definition) is 6. The largest absolute Gasteiger partial charge is 0.379 e. The summed E-state index contributed by atoms with van der Waals surface area (Å²) >= 11 is 12.1. The molecule has 3 N–H and O–H groups in total. The van der Waals surface area contributed by atoms with Gasteiger partial charge in [-0.05, 0) is 46.9 Å². The molecule has 4 nitrogen and oxygen atoms in total. The minimum atomic E-state index is -0.0521. The van der Waals surface area contributed by atoms with E-state index < -0.39 is 0 Å². The number of fused-ring (bicyclic) bond motifs is 1. The Bertz CT molecular complexity index is 884. The smallest absolute Gasteiger partial charge is 0.131 e. The maximum absolute atomic E-state index is 6.31. The van der Waals surface area contributed by atoms with Crippen LogP contribution in [0.1, 0.15) is 28.7 Å². The van der Waals surface area contributed by atoms with E-state index in [2.05, 4.69) is 50.4 Å². The summed E-state index contributed by atoms with van der Waals surface area (Å²) in [5.74, 6) is 0. The number of thiophene rings is 2. The third kappa shape index (κ3) is 3.68. The number of pyridine rings is 1. The molecule has 4 rings (SSSR count). The van der Waals surface area contributed by atoms with Gasteiger partial charge in [0.15, 0.2) is 0 Å². The van der Waals surface area contributed by atoms with Gasteiger partial charge in [0.1, 0.15) is 11.3 Å². The Kier molecular flexibility index (Phi) is 5.49. The first kappa shape index (κ1) is 17.9. The summed E-state index contributed by atoms with van der Waals surface area (Å²) in [6.45, 7) is 1.54. The fourth-order valence-corrected chi connectivity index (χ4v) is 6.31. The summed E-state index contributed by atoms with van der Waals surface area (Å²) in [6.07, 6.45) is 1.97. The van der Waals surface area contributed by atoms with E-state index in [4.69, 9.17) is 22.1 Å². The second-order valence-corrected chi connectivity index (χ2v) is 9.53. The summed E-state index contributed by atoms with van der Waals surface area (Å²) in [5, 5.41) is 6.09. The Balaban J connectivity index is 1.72. The standard InChI is InChI=1S/C17H17ClIN3OS2/c18-12-7-11(21-8-9-3-2-6-24-9)16-14(22-12)13(19)17(25-16)15-10(20)4-1-5-23-15/h2-3,6-7,10,15H,1,4-5,8,20H2,(H,21,22)/t10-,15-/m0/s1. The molecule has 4 heterocycles. The molecule has 2 atom stereocenters. The summed E-state index contributed by atoms with van der Waals surface area (Å²) in [4.78, 5) is 7.00. The molecule has 3 aromatic heterocycles. The molecule has 0 spiro atoms. The molecule has 1 saturated heterocycles. The van der Waals surface area contributed by atoms with E-state index in [0.29, 0.717) is 5.15 Å². The average molecular weight is 506 g/mol. The highest BCUT2D eigenvalue weighted by Gasteiger charge is 2.29. The van der Waals surface area contributed by atoms with Crippen molar-refractivity contribution in [3.8, 4) is 0 Å². The number of halogens is 2. The van der Waals surface area contributed by atoms with E-state index in [0.717, 1.165) is 50.3 Å². The monoisotopic (exact) mass is 505 g/mol. The molecular formula is C17H17ClIN3OS2. The van der Waals surface area contributed by atoms with Crippen LogP contribution in [-0.4, -0.2) is 17.6 Å². The van der Waals surface area contributed by atoms with Crippen LogP contribution >= 0.6 is 56.9 Å². The third-order valence-corrected chi connectivity index (χ3v) is 8.04. The van der Waals surface area contributed by atoms with E-state index in [1.165, 1.54) is 4.88 Å². The fourth-order valence-electron chi connectivity index (χ4n) is 3.01. The lowest BCUT2D eigenvalue weighted by molar-refractivity contribution is 0.00196. The number of nitrogens with two attached hydrogens (primary N) is 1. The number of rotatable bonds is 4. The van der Waals surface area contributed by atoms with E-state index in [1.807, 2.05) is 6.07 Å². The van der Waals surface area contributed by atoms with Crippen LogP contribution in [0, 0.1) is 3.57 Å². The van der Waals surface area contributed by atoms with Crippen molar-refractivity contribution < 1.29 is 4.74 Å². The van der Waals surface area contributed by atoms with Crippen LogP contribution < -0.4 is 11.1 Å². The minimum absolute atomic E-state index is 0.0355. The molecule has 0 saturated carbocycles. The molecular weight excluding hydrogens is 489 g/mol. The minimum Gasteiger partial charge on any atom is -0.379 e. The zero-order valence-corrected chi connectivity index (χ0v) is 17.8. The van der Waals surface area contributed by atoms with Crippen molar-refractivity contribution in [1.29, 1.82) is 0 Å². The molecule has 1 aliphatic rings.